The van der Waals surface area contributed by atoms with Crippen LogP contribution in [0.2, 0.25) is 5.02 Å². The van der Waals surface area contributed by atoms with Crippen LogP contribution in [0.5, 0.6) is 5.75 Å². The number of aliphatic imine (C=N–C) groups is 1. The largest absolute Gasteiger partial charge is 0.497 e. The summed E-state index contributed by atoms with van der Waals surface area (Å²) in [5.41, 5.74) is 5.69. The van der Waals surface area contributed by atoms with E-state index in [0.29, 0.717) is 16.6 Å². The van der Waals surface area contributed by atoms with Gasteiger partial charge in [-0.25, -0.2) is 5.01 Å². The van der Waals surface area contributed by atoms with Crippen molar-refractivity contribution < 1.29 is 14.3 Å². The Morgan fingerprint density at radius 1 is 1.08 bits per heavy atom. The number of benzene rings is 3. The summed E-state index contributed by atoms with van der Waals surface area (Å²) in [6.07, 6.45) is 0.650. The van der Waals surface area contributed by atoms with Crippen molar-refractivity contribution in [2.75, 3.05) is 12.4 Å². The molecule has 1 N–H and O–H groups in total. The summed E-state index contributed by atoms with van der Waals surface area (Å²) in [6.45, 7) is 3.96. The van der Waals surface area contributed by atoms with Crippen molar-refractivity contribution in [3.8, 4) is 5.75 Å². The van der Waals surface area contributed by atoms with Gasteiger partial charge in [-0.1, -0.05) is 41.6 Å². The quantitative estimate of drug-likeness (QED) is 0.401. The molecule has 0 aromatic heterocycles. The smallest absolute Gasteiger partial charge is 0.262 e. The van der Waals surface area contributed by atoms with E-state index in [2.05, 4.69) is 10.3 Å². The van der Waals surface area contributed by atoms with Crippen LogP contribution in [0.15, 0.2) is 76.8 Å². The highest BCUT2D eigenvalue weighted by Gasteiger charge is 2.39. The van der Waals surface area contributed by atoms with E-state index in [1.807, 2.05) is 80.6 Å². The monoisotopic (exact) mass is 546 g/mol. The SMILES string of the molecule is COc1ccc(C2=NN(C3=NC(=O)C(CC(=O)Nc4cc(C)cc(C)c4)S3)C(c3ccc(Cl)cc3)C2)cc1. The molecule has 3 aromatic rings. The fourth-order valence-corrected chi connectivity index (χ4v) is 5.81. The van der Waals surface area contributed by atoms with Gasteiger partial charge in [0, 0.05) is 23.6 Å². The second kappa shape index (κ2) is 11.0. The Kier molecular flexibility index (Phi) is 7.53. The Morgan fingerprint density at radius 2 is 1.76 bits per heavy atom. The van der Waals surface area contributed by atoms with Crippen LogP contribution in [0, 0.1) is 13.8 Å². The lowest BCUT2D eigenvalue weighted by atomic mass is 9.98. The molecule has 0 bridgehead atoms. The van der Waals surface area contributed by atoms with Crippen molar-refractivity contribution in [1.82, 2.24) is 5.01 Å². The first kappa shape index (κ1) is 26.0. The number of methoxy groups -OCH3 is 1. The van der Waals surface area contributed by atoms with Gasteiger partial charge in [0.25, 0.3) is 5.91 Å². The highest BCUT2D eigenvalue weighted by molar-refractivity contribution is 8.15. The third-order valence-corrected chi connectivity index (χ3v) is 7.78. The fraction of sp³-hybridized carbons (Fsp3) is 0.241. The normalized spacial score (nSPS) is 18.8. The molecule has 7 nitrogen and oxygen atoms in total. The molecule has 194 valence electrons. The molecule has 0 spiro atoms. The number of ether oxygens (including phenoxy) is 1. The van der Waals surface area contributed by atoms with Crippen LogP contribution in [0.25, 0.3) is 0 Å². The Labute approximate surface area is 230 Å². The lowest BCUT2D eigenvalue weighted by molar-refractivity contribution is -0.121. The first-order valence-corrected chi connectivity index (χ1v) is 13.5. The van der Waals surface area contributed by atoms with Gasteiger partial charge in [0.1, 0.15) is 11.0 Å². The number of hydrogen-bond acceptors (Lipinski definition) is 6. The third kappa shape index (κ3) is 5.76. The number of aryl methyl sites for hydroxylation is 2. The maximum absolute atomic E-state index is 12.9. The number of rotatable bonds is 6. The molecule has 3 aromatic carbocycles. The molecule has 2 heterocycles. The molecule has 0 fully saturated rings. The van der Waals surface area contributed by atoms with Gasteiger partial charge in [0.15, 0.2) is 5.17 Å². The van der Waals surface area contributed by atoms with Crippen molar-refractivity contribution in [3.05, 3.63) is 94.0 Å². The minimum Gasteiger partial charge on any atom is -0.497 e. The third-order valence-electron chi connectivity index (χ3n) is 6.39. The van der Waals surface area contributed by atoms with E-state index in [0.717, 1.165) is 39.4 Å². The van der Waals surface area contributed by atoms with Gasteiger partial charge in [-0.2, -0.15) is 10.1 Å². The van der Waals surface area contributed by atoms with Crippen LogP contribution < -0.4 is 10.1 Å². The highest BCUT2D eigenvalue weighted by atomic mass is 35.5. The topological polar surface area (TPSA) is 83.4 Å². The predicted octanol–water partition coefficient (Wildman–Crippen LogP) is 6.14. The maximum Gasteiger partial charge on any atom is 0.262 e. The van der Waals surface area contributed by atoms with Gasteiger partial charge in [0.05, 0.1) is 18.9 Å². The Morgan fingerprint density at radius 3 is 2.42 bits per heavy atom. The number of hydrogen-bond donors (Lipinski definition) is 1. The standard InChI is InChI=1S/C29H27ClN4O3S/c1-17-12-18(2)14-22(13-17)31-27(35)16-26-28(36)32-29(38-26)34-25(20-4-8-21(30)9-5-20)15-24(33-34)19-6-10-23(37-3)11-7-19/h4-14,25-26H,15-16H2,1-3H3,(H,31,35). The molecule has 2 aliphatic heterocycles. The summed E-state index contributed by atoms with van der Waals surface area (Å²) in [6, 6.07) is 21.0. The molecule has 38 heavy (non-hydrogen) atoms. The summed E-state index contributed by atoms with van der Waals surface area (Å²) in [5, 5.41) is 10.1. The van der Waals surface area contributed by atoms with Crippen LogP contribution in [0.3, 0.4) is 0 Å². The summed E-state index contributed by atoms with van der Waals surface area (Å²) < 4.78 is 5.28. The number of carbonyl (C=O) groups excluding carboxylic acids is 2. The number of carbonyl (C=O) groups is 2. The van der Waals surface area contributed by atoms with Gasteiger partial charge >= 0.3 is 0 Å². The average Bonchev–Trinajstić information content (AvgIpc) is 3.48. The number of nitrogens with zero attached hydrogens (tertiary/aromatic N) is 3. The summed E-state index contributed by atoms with van der Waals surface area (Å²) >= 11 is 7.41. The van der Waals surface area contributed by atoms with Gasteiger partial charge in [-0.15, -0.1) is 0 Å². The molecular weight excluding hydrogens is 520 g/mol. The predicted molar refractivity (Wildman–Crippen MR) is 153 cm³/mol. The summed E-state index contributed by atoms with van der Waals surface area (Å²) in [4.78, 5) is 30.0. The van der Waals surface area contributed by atoms with Gasteiger partial charge in [-0.05, 0) is 84.6 Å². The number of hydrazone groups is 1. The molecule has 9 heteroatoms. The fourth-order valence-electron chi connectivity index (χ4n) is 4.62. The van der Waals surface area contributed by atoms with Crippen LogP contribution in [-0.2, 0) is 9.59 Å². The molecule has 0 aliphatic carbocycles. The van der Waals surface area contributed by atoms with Crippen molar-refractivity contribution in [1.29, 1.82) is 0 Å². The molecule has 2 aliphatic rings. The van der Waals surface area contributed by atoms with Crippen molar-refractivity contribution in [2.45, 2.75) is 38.0 Å². The zero-order valence-electron chi connectivity index (χ0n) is 21.3. The second-order valence-electron chi connectivity index (χ2n) is 9.36. The Bertz CT molecular complexity index is 1420. The van der Waals surface area contributed by atoms with E-state index in [1.54, 1.807) is 12.1 Å². The van der Waals surface area contributed by atoms with E-state index in [4.69, 9.17) is 21.4 Å². The molecule has 0 saturated heterocycles. The van der Waals surface area contributed by atoms with Crippen LogP contribution in [0.1, 0.15) is 41.1 Å². The number of thioether (sulfide) groups is 1. The number of anilines is 1. The number of nitrogens with one attached hydrogen (secondary N) is 1. The second-order valence-corrected chi connectivity index (χ2v) is 11.0. The molecule has 5 rings (SSSR count). The lowest BCUT2D eigenvalue weighted by Gasteiger charge is -2.23. The summed E-state index contributed by atoms with van der Waals surface area (Å²) in [7, 11) is 1.63. The zero-order valence-corrected chi connectivity index (χ0v) is 22.8. The number of amidine groups is 1. The van der Waals surface area contributed by atoms with Gasteiger partial charge < -0.3 is 10.1 Å². The minimum atomic E-state index is -0.609. The lowest BCUT2D eigenvalue weighted by Crippen LogP contribution is -2.25. The average molecular weight is 547 g/mol. The summed E-state index contributed by atoms with van der Waals surface area (Å²) in [5.74, 6) is 0.209. The van der Waals surface area contributed by atoms with Crippen molar-refractivity contribution in [2.24, 2.45) is 10.1 Å². The molecule has 0 saturated carbocycles. The van der Waals surface area contributed by atoms with E-state index in [1.165, 1.54) is 11.8 Å². The number of halogens is 1. The minimum absolute atomic E-state index is 0.0258. The van der Waals surface area contributed by atoms with Gasteiger partial charge in [0.2, 0.25) is 5.91 Å². The number of amides is 2. The van der Waals surface area contributed by atoms with E-state index in [-0.39, 0.29) is 24.3 Å². The highest BCUT2D eigenvalue weighted by Crippen LogP contribution is 2.39. The maximum atomic E-state index is 12.9. The molecule has 2 unspecified atom stereocenters. The Balaban J connectivity index is 1.35. The van der Waals surface area contributed by atoms with Crippen molar-refractivity contribution in [3.63, 3.8) is 0 Å². The van der Waals surface area contributed by atoms with Gasteiger partial charge in [-0.3, -0.25) is 9.59 Å². The van der Waals surface area contributed by atoms with E-state index >= 15 is 0 Å². The first-order chi connectivity index (χ1) is 18.3. The molecule has 2 amide bonds. The van der Waals surface area contributed by atoms with E-state index < -0.39 is 5.25 Å². The molecular formula is C29H27ClN4O3S. The first-order valence-electron chi connectivity index (χ1n) is 12.2. The zero-order chi connectivity index (χ0) is 26.8. The molecule has 2 atom stereocenters. The van der Waals surface area contributed by atoms with E-state index in [9.17, 15) is 9.59 Å². The van der Waals surface area contributed by atoms with Crippen LogP contribution >= 0.6 is 23.4 Å². The molecule has 0 radical (unpaired) electrons. The Hall–Kier alpha value is -3.62. The van der Waals surface area contributed by atoms with Crippen LogP contribution in [-0.4, -0.2) is 40.1 Å². The van der Waals surface area contributed by atoms with Crippen LogP contribution in [0.4, 0.5) is 5.69 Å². The van der Waals surface area contributed by atoms with Crippen molar-refractivity contribution >= 4 is 51.7 Å².